The van der Waals surface area contributed by atoms with E-state index in [9.17, 15) is 18.8 Å². The molecule has 0 unspecified atom stereocenters. The molecule has 2 aromatic carbocycles. The number of carbonyl (C=O) groups excluding carboxylic acids is 3. The molecular weight excluding hydrogens is 415 g/mol. The standard InChI is InChI=1S/C21H22ClFN2O5/c1-3-29-18-10-5-4-7-14(18)21(28)24-11-20(27)30-13-19(26)25(2)12-15-16(22)8-6-9-17(15)23/h4-10H,3,11-13H2,1-2H3,(H,24,28). The Kier molecular flexibility index (Phi) is 8.61. The largest absolute Gasteiger partial charge is 0.493 e. The van der Waals surface area contributed by atoms with Crippen molar-refractivity contribution in [3.05, 3.63) is 64.4 Å². The third kappa shape index (κ3) is 6.45. The van der Waals surface area contributed by atoms with Gasteiger partial charge >= 0.3 is 5.97 Å². The van der Waals surface area contributed by atoms with Crippen molar-refractivity contribution >= 4 is 29.4 Å². The van der Waals surface area contributed by atoms with E-state index in [2.05, 4.69) is 5.32 Å². The maximum absolute atomic E-state index is 13.8. The third-order valence-corrected chi connectivity index (χ3v) is 4.42. The van der Waals surface area contributed by atoms with E-state index in [0.717, 1.165) is 0 Å². The lowest BCUT2D eigenvalue weighted by molar-refractivity contribution is -0.150. The Morgan fingerprint density at radius 2 is 1.87 bits per heavy atom. The monoisotopic (exact) mass is 436 g/mol. The summed E-state index contributed by atoms with van der Waals surface area (Å²) in [6, 6.07) is 10.8. The number of rotatable bonds is 9. The van der Waals surface area contributed by atoms with Gasteiger partial charge in [0.15, 0.2) is 6.61 Å². The van der Waals surface area contributed by atoms with E-state index in [-0.39, 0.29) is 22.7 Å². The minimum Gasteiger partial charge on any atom is -0.493 e. The molecule has 0 spiro atoms. The van der Waals surface area contributed by atoms with Crippen LogP contribution in [0, 0.1) is 5.82 Å². The minimum atomic E-state index is -0.789. The second-order valence-corrected chi connectivity index (χ2v) is 6.63. The maximum Gasteiger partial charge on any atom is 0.325 e. The van der Waals surface area contributed by atoms with Crippen LogP contribution in [0.1, 0.15) is 22.8 Å². The minimum absolute atomic E-state index is 0.0765. The molecule has 7 nitrogen and oxygen atoms in total. The molecule has 0 aromatic heterocycles. The number of hydrogen-bond acceptors (Lipinski definition) is 5. The van der Waals surface area contributed by atoms with Crippen molar-refractivity contribution in [3.63, 3.8) is 0 Å². The van der Waals surface area contributed by atoms with E-state index in [0.29, 0.717) is 12.4 Å². The number of nitrogens with zero attached hydrogens (tertiary/aromatic N) is 1. The van der Waals surface area contributed by atoms with Crippen LogP contribution < -0.4 is 10.1 Å². The molecule has 0 bridgehead atoms. The molecule has 0 aliphatic heterocycles. The molecular formula is C21H22ClFN2O5. The smallest absolute Gasteiger partial charge is 0.325 e. The Hall–Kier alpha value is -3.13. The van der Waals surface area contributed by atoms with Crippen LogP contribution in [0.25, 0.3) is 0 Å². The van der Waals surface area contributed by atoms with Crippen LogP contribution in [0.5, 0.6) is 5.75 Å². The number of likely N-dealkylation sites (N-methyl/N-ethyl adjacent to an activating group) is 1. The van der Waals surface area contributed by atoms with E-state index >= 15 is 0 Å². The molecule has 9 heteroatoms. The fourth-order valence-corrected chi connectivity index (χ4v) is 2.72. The molecule has 0 aliphatic carbocycles. The van der Waals surface area contributed by atoms with Crippen molar-refractivity contribution in [1.29, 1.82) is 0 Å². The average molecular weight is 437 g/mol. The number of esters is 1. The van der Waals surface area contributed by atoms with Gasteiger partial charge < -0.3 is 19.7 Å². The highest BCUT2D eigenvalue weighted by Gasteiger charge is 2.17. The second-order valence-electron chi connectivity index (χ2n) is 6.22. The molecule has 0 fully saturated rings. The zero-order valence-electron chi connectivity index (χ0n) is 16.6. The Morgan fingerprint density at radius 1 is 1.13 bits per heavy atom. The first-order valence-electron chi connectivity index (χ1n) is 9.16. The van der Waals surface area contributed by atoms with E-state index in [1.165, 1.54) is 30.1 Å². The second kappa shape index (κ2) is 11.2. The van der Waals surface area contributed by atoms with Gasteiger partial charge in [0.25, 0.3) is 11.8 Å². The third-order valence-electron chi connectivity index (χ3n) is 4.06. The zero-order valence-corrected chi connectivity index (χ0v) is 17.4. The van der Waals surface area contributed by atoms with Crippen LogP contribution in [0.4, 0.5) is 4.39 Å². The summed E-state index contributed by atoms with van der Waals surface area (Å²) < 4.78 is 24.1. The van der Waals surface area contributed by atoms with Crippen molar-refractivity contribution in [3.8, 4) is 5.75 Å². The number of para-hydroxylation sites is 1. The number of nitrogens with one attached hydrogen (secondary N) is 1. The summed E-state index contributed by atoms with van der Waals surface area (Å²) in [4.78, 5) is 37.4. The maximum atomic E-state index is 13.8. The highest BCUT2D eigenvalue weighted by molar-refractivity contribution is 6.31. The average Bonchev–Trinajstić information content (AvgIpc) is 2.73. The number of carbonyl (C=O) groups is 3. The van der Waals surface area contributed by atoms with E-state index in [4.69, 9.17) is 21.1 Å². The lowest BCUT2D eigenvalue weighted by Gasteiger charge is -2.18. The first-order chi connectivity index (χ1) is 14.3. The van der Waals surface area contributed by atoms with Gasteiger partial charge in [-0.1, -0.05) is 29.8 Å². The fourth-order valence-electron chi connectivity index (χ4n) is 2.50. The lowest BCUT2D eigenvalue weighted by Crippen LogP contribution is -2.35. The number of amides is 2. The van der Waals surface area contributed by atoms with Crippen molar-refractivity contribution in [2.24, 2.45) is 0 Å². The van der Waals surface area contributed by atoms with E-state index in [1.54, 1.807) is 31.2 Å². The predicted octanol–water partition coefficient (Wildman–Crippen LogP) is 2.81. The molecule has 0 heterocycles. The zero-order chi connectivity index (χ0) is 22.1. The Balaban J connectivity index is 1.81. The van der Waals surface area contributed by atoms with Crippen LogP contribution in [0.2, 0.25) is 5.02 Å². The van der Waals surface area contributed by atoms with Crippen LogP contribution in [-0.4, -0.2) is 49.5 Å². The summed E-state index contributed by atoms with van der Waals surface area (Å²) in [6.07, 6.45) is 0. The Labute approximate surface area is 178 Å². The normalized spacial score (nSPS) is 10.3. The Bertz CT molecular complexity index is 902. The molecule has 0 aliphatic rings. The van der Waals surface area contributed by atoms with Gasteiger partial charge in [-0.25, -0.2) is 4.39 Å². The van der Waals surface area contributed by atoms with Gasteiger partial charge in [-0.3, -0.25) is 14.4 Å². The number of hydrogen-bond donors (Lipinski definition) is 1. The quantitative estimate of drug-likeness (QED) is 0.611. The lowest BCUT2D eigenvalue weighted by atomic mass is 10.2. The highest BCUT2D eigenvalue weighted by atomic mass is 35.5. The van der Waals surface area contributed by atoms with Gasteiger partial charge in [0, 0.05) is 24.2 Å². The molecule has 2 aromatic rings. The van der Waals surface area contributed by atoms with E-state index in [1.807, 2.05) is 0 Å². The number of benzene rings is 2. The summed E-state index contributed by atoms with van der Waals surface area (Å²) in [5.74, 6) is -1.98. The summed E-state index contributed by atoms with van der Waals surface area (Å²) in [5.41, 5.74) is 0.450. The molecule has 0 saturated carbocycles. The summed E-state index contributed by atoms with van der Waals surface area (Å²) in [5, 5.41) is 2.62. The van der Waals surface area contributed by atoms with Gasteiger partial charge in [-0.15, -0.1) is 0 Å². The van der Waals surface area contributed by atoms with Crippen molar-refractivity contribution in [2.45, 2.75) is 13.5 Å². The van der Waals surface area contributed by atoms with Crippen molar-refractivity contribution in [1.82, 2.24) is 10.2 Å². The summed E-state index contributed by atoms with van der Waals surface area (Å²) in [7, 11) is 1.44. The molecule has 30 heavy (non-hydrogen) atoms. The van der Waals surface area contributed by atoms with Crippen molar-refractivity contribution < 1.29 is 28.2 Å². The topological polar surface area (TPSA) is 84.9 Å². The van der Waals surface area contributed by atoms with Crippen LogP contribution in [-0.2, 0) is 20.9 Å². The Morgan fingerprint density at radius 3 is 2.57 bits per heavy atom. The molecule has 2 rings (SSSR count). The van der Waals surface area contributed by atoms with Gasteiger partial charge in [0.2, 0.25) is 0 Å². The van der Waals surface area contributed by atoms with E-state index < -0.39 is 36.8 Å². The molecule has 0 atom stereocenters. The molecule has 1 N–H and O–H groups in total. The van der Waals surface area contributed by atoms with Gasteiger partial charge in [0.05, 0.1) is 12.2 Å². The first-order valence-corrected chi connectivity index (χ1v) is 9.53. The predicted molar refractivity (Wildman–Crippen MR) is 109 cm³/mol. The summed E-state index contributed by atoms with van der Waals surface area (Å²) in [6.45, 7) is 1.13. The number of ether oxygens (including phenoxy) is 2. The van der Waals surface area contributed by atoms with Gasteiger partial charge in [-0.05, 0) is 31.2 Å². The highest BCUT2D eigenvalue weighted by Crippen LogP contribution is 2.20. The SMILES string of the molecule is CCOc1ccccc1C(=O)NCC(=O)OCC(=O)N(C)Cc1c(F)cccc1Cl. The van der Waals surface area contributed by atoms with Crippen LogP contribution >= 0.6 is 11.6 Å². The van der Waals surface area contributed by atoms with Crippen molar-refractivity contribution in [2.75, 3.05) is 26.8 Å². The molecule has 0 radical (unpaired) electrons. The van der Waals surface area contributed by atoms with Crippen LogP contribution in [0.15, 0.2) is 42.5 Å². The number of halogens is 2. The molecule has 0 saturated heterocycles. The first kappa shape index (κ1) is 23.2. The molecule has 160 valence electrons. The molecule has 2 amide bonds. The van der Waals surface area contributed by atoms with Gasteiger partial charge in [-0.2, -0.15) is 0 Å². The fraction of sp³-hybridized carbons (Fsp3) is 0.286. The van der Waals surface area contributed by atoms with Crippen LogP contribution in [0.3, 0.4) is 0 Å². The van der Waals surface area contributed by atoms with Gasteiger partial charge in [0.1, 0.15) is 18.1 Å². The summed E-state index contributed by atoms with van der Waals surface area (Å²) >= 11 is 5.95.